The Bertz CT molecular complexity index is 653. The van der Waals surface area contributed by atoms with Crippen molar-refractivity contribution >= 4 is 5.97 Å². The molecule has 1 N–H and O–H groups in total. The van der Waals surface area contributed by atoms with Crippen LogP contribution in [-0.4, -0.2) is 21.0 Å². The van der Waals surface area contributed by atoms with Crippen molar-refractivity contribution in [3.8, 4) is 0 Å². The van der Waals surface area contributed by atoms with Crippen LogP contribution in [0.3, 0.4) is 0 Å². The third kappa shape index (κ3) is 3.66. The minimum Gasteiger partial charge on any atom is -0.481 e. The van der Waals surface area contributed by atoms with Crippen LogP contribution in [-0.2, 0) is 17.6 Å². The number of aryl methyl sites for hydroxylation is 3. The maximum Gasteiger partial charge on any atom is 0.312 e. The Morgan fingerprint density at radius 1 is 1.24 bits per heavy atom. The van der Waals surface area contributed by atoms with Crippen molar-refractivity contribution in [2.75, 3.05) is 0 Å². The number of carboxylic acids is 1. The molecule has 1 aromatic heterocycles. The van der Waals surface area contributed by atoms with Gasteiger partial charge in [0, 0.05) is 5.69 Å². The van der Waals surface area contributed by atoms with Gasteiger partial charge < -0.3 is 5.11 Å². The SMILES string of the molecule is CCc1cc(C(Cc2ccccc2C)C(=O)O)nc(C)n1. The minimum atomic E-state index is -0.849. The van der Waals surface area contributed by atoms with Crippen molar-refractivity contribution in [2.45, 2.75) is 39.5 Å². The summed E-state index contributed by atoms with van der Waals surface area (Å²) in [5.41, 5.74) is 3.62. The second-order valence-corrected chi connectivity index (χ2v) is 5.21. The normalized spacial score (nSPS) is 12.1. The summed E-state index contributed by atoms with van der Waals surface area (Å²) in [5, 5.41) is 9.57. The minimum absolute atomic E-state index is 0.446. The van der Waals surface area contributed by atoms with E-state index in [1.807, 2.05) is 44.2 Å². The number of aromatic nitrogens is 2. The quantitative estimate of drug-likeness (QED) is 0.916. The van der Waals surface area contributed by atoms with Crippen LogP contribution in [0.2, 0.25) is 0 Å². The standard InChI is InChI=1S/C17H20N2O2/c1-4-14-10-16(19-12(3)18-14)15(17(20)21)9-13-8-6-5-7-11(13)2/h5-8,10,15H,4,9H2,1-3H3,(H,20,21). The molecule has 0 aliphatic carbocycles. The van der Waals surface area contributed by atoms with Gasteiger partial charge in [0.05, 0.1) is 5.69 Å². The van der Waals surface area contributed by atoms with Crippen molar-refractivity contribution in [1.29, 1.82) is 0 Å². The Hall–Kier alpha value is -2.23. The zero-order valence-corrected chi connectivity index (χ0v) is 12.6. The molecule has 2 aromatic rings. The molecule has 1 heterocycles. The van der Waals surface area contributed by atoms with Crippen LogP contribution in [0.1, 0.15) is 41.2 Å². The average Bonchev–Trinajstić information content (AvgIpc) is 2.45. The molecule has 21 heavy (non-hydrogen) atoms. The highest BCUT2D eigenvalue weighted by Gasteiger charge is 2.23. The first-order valence-corrected chi connectivity index (χ1v) is 7.13. The topological polar surface area (TPSA) is 63.1 Å². The molecule has 0 spiro atoms. The smallest absolute Gasteiger partial charge is 0.312 e. The molecule has 0 fully saturated rings. The second kappa shape index (κ2) is 6.48. The largest absolute Gasteiger partial charge is 0.481 e. The van der Waals surface area contributed by atoms with Gasteiger partial charge in [-0.3, -0.25) is 4.79 Å². The Labute approximate surface area is 124 Å². The molecule has 0 bridgehead atoms. The van der Waals surface area contributed by atoms with E-state index in [1.165, 1.54) is 0 Å². The Kier molecular flexibility index (Phi) is 4.68. The summed E-state index contributed by atoms with van der Waals surface area (Å²) in [5.74, 6) is -0.864. The lowest BCUT2D eigenvalue weighted by Crippen LogP contribution is -2.17. The third-order valence-electron chi connectivity index (χ3n) is 3.61. The zero-order chi connectivity index (χ0) is 15.4. The highest BCUT2D eigenvalue weighted by molar-refractivity contribution is 5.76. The van der Waals surface area contributed by atoms with E-state index in [9.17, 15) is 9.90 Å². The average molecular weight is 284 g/mol. The van der Waals surface area contributed by atoms with E-state index >= 15 is 0 Å². The number of nitrogens with zero attached hydrogens (tertiary/aromatic N) is 2. The van der Waals surface area contributed by atoms with E-state index in [4.69, 9.17) is 0 Å². The molecule has 2 rings (SSSR count). The molecule has 0 radical (unpaired) electrons. The number of carbonyl (C=O) groups is 1. The molecule has 1 unspecified atom stereocenters. The van der Waals surface area contributed by atoms with Gasteiger partial charge in [0.15, 0.2) is 0 Å². The van der Waals surface area contributed by atoms with Gasteiger partial charge >= 0.3 is 5.97 Å². The summed E-state index contributed by atoms with van der Waals surface area (Å²) < 4.78 is 0. The molecule has 0 amide bonds. The molecular formula is C17H20N2O2. The molecule has 110 valence electrons. The number of aliphatic carboxylic acids is 1. The fraction of sp³-hybridized carbons (Fsp3) is 0.353. The molecular weight excluding hydrogens is 264 g/mol. The first kappa shape index (κ1) is 15.2. The van der Waals surface area contributed by atoms with Crippen LogP contribution >= 0.6 is 0 Å². The molecule has 4 nitrogen and oxygen atoms in total. The third-order valence-corrected chi connectivity index (χ3v) is 3.61. The lowest BCUT2D eigenvalue weighted by molar-refractivity contribution is -0.138. The van der Waals surface area contributed by atoms with Gasteiger partial charge in [-0.15, -0.1) is 0 Å². The van der Waals surface area contributed by atoms with Gasteiger partial charge in [-0.2, -0.15) is 0 Å². The van der Waals surface area contributed by atoms with Gasteiger partial charge in [-0.1, -0.05) is 31.2 Å². The van der Waals surface area contributed by atoms with E-state index in [2.05, 4.69) is 9.97 Å². The van der Waals surface area contributed by atoms with Crippen LogP contribution in [0.25, 0.3) is 0 Å². The number of hydrogen-bond acceptors (Lipinski definition) is 3. The van der Waals surface area contributed by atoms with Gasteiger partial charge in [-0.25, -0.2) is 9.97 Å². The molecule has 0 aliphatic heterocycles. The Morgan fingerprint density at radius 2 is 1.95 bits per heavy atom. The lowest BCUT2D eigenvalue weighted by atomic mass is 9.93. The predicted octanol–water partition coefficient (Wildman–Crippen LogP) is 3.07. The number of hydrogen-bond donors (Lipinski definition) is 1. The van der Waals surface area contributed by atoms with Gasteiger partial charge in [0.2, 0.25) is 0 Å². The van der Waals surface area contributed by atoms with Gasteiger partial charge in [0.25, 0.3) is 0 Å². The van der Waals surface area contributed by atoms with Crippen LogP contribution in [0.5, 0.6) is 0 Å². The Morgan fingerprint density at radius 3 is 2.57 bits per heavy atom. The van der Waals surface area contributed by atoms with Crippen molar-refractivity contribution in [3.63, 3.8) is 0 Å². The summed E-state index contributed by atoms with van der Waals surface area (Å²) in [4.78, 5) is 20.3. The zero-order valence-electron chi connectivity index (χ0n) is 12.6. The van der Waals surface area contributed by atoms with Crippen molar-refractivity contribution in [1.82, 2.24) is 9.97 Å². The highest BCUT2D eigenvalue weighted by Crippen LogP contribution is 2.22. The van der Waals surface area contributed by atoms with Crippen LogP contribution in [0.4, 0.5) is 0 Å². The second-order valence-electron chi connectivity index (χ2n) is 5.21. The van der Waals surface area contributed by atoms with E-state index in [0.29, 0.717) is 17.9 Å². The monoisotopic (exact) mass is 284 g/mol. The Balaban J connectivity index is 2.38. The number of benzene rings is 1. The van der Waals surface area contributed by atoms with Gasteiger partial charge in [0.1, 0.15) is 11.7 Å². The van der Waals surface area contributed by atoms with E-state index < -0.39 is 11.9 Å². The molecule has 0 saturated heterocycles. The summed E-state index contributed by atoms with van der Waals surface area (Å²) >= 11 is 0. The lowest BCUT2D eigenvalue weighted by Gasteiger charge is -2.15. The van der Waals surface area contributed by atoms with E-state index in [1.54, 1.807) is 6.92 Å². The molecule has 0 saturated carbocycles. The van der Waals surface area contributed by atoms with Crippen molar-refractivity contribution in [2.24, 2.45) is 0 Å². The molecule has 1 aromatic carbocycles. The van der Waals surface area contributed by atoms with Crippen LogP contribution in [0.15, 0.2) is 30.3 Å². The first-order chi connectivity index (χ1) is 10.0. The van der Waals surface area contributed by atoms with E-state index in [-0.39, 0.29) is 0 Å². The van der Waals surface area contributed by atoms with Crippen molar-refractivity contribution < 1.29 is 9.90 Å². The highest BCUT2D eigenvalue weighted by atomic mass is 16.4. The maximum absolute atomic E-state index is 11.7. The summed E-state index contributed by atoms with van der Waals surface area (Å²) in [6, 6.07) is 9.67. The van der Waals surface area contributed by atoms with Gasteiger partial charge in [-0.05, 0) is 43.9 Å². The molecule has 1 atom stereocenters. The van der Waals surface area contributed by atoms with Crippen molar-refractivity contribution in [3.05, 3.63) is 58.7 Å². The predicted molar refractivity (Wildman–Crippen MR) is 81.4 cm³/mol. The fourth-order valence-electron chi connectivity index (χ4n) is 2.39. The molecule has 4 heteroatoms. The van der Waals surface area contributed by atoms with Crippen LogP contribution < -0.4 is 0 Å². The number of rotatable bonds is 5. The number of carboxylic acid groups (broad SMARTS) is 1. The van der Waals surface area contributed by atoms with E-state index in [0.717, 1.165) is 23.2 Å². The summed E-state index contributed by atoms with van der Waals surface area (Å²) in [6.07, 6.45) is 1.22. The fourth-order valence-corrected chi connectivity index (χ4v) is 2.39. The summed E-state index contributed by atoms with van der Waals surface area (Å²) in [6.45, 7) is 5.80. The maximum atomic E-state index is 11.7. The van der Waals surface area contributed by atoms with Crippen LogP contribution in [0, 0.1) is 13.8 Å². The molecule has 0 aliphatic rings. The summed E-state index contributed by atoms with van der Waals surface area (Å²) in [7, 11) is 0. The first-order valence-electron chi connectivity index (χ1n) is 7.13.